The Hall–Kier alpha value is -1.29. The number of para-hydroxylation sites is 1. The van der Waals surface area contributed by atoms with Gasteiger partial charge in [0.2, 0.25) is 5.95 Å². The first-order valence-corrected chi connectivity index (χ1v) is 6.73. The highest BCUT2D eigenvalue weighted by atomic mass is 32.2. The van der Waals surface area contributed by atoms with E-state index in [-0.39, 0.29) is 0 Å². The second-order valence-corrected chi connectivity index (χ2v) is 5.38. The van der Waals surface area contributed by atoms with Crippen LogP contribution in [0.2, 0.25) is 0 Å². The van der Waals surface area contributed by atoms with Crippen LogP contribution in [0.1, 0.15) is 20.3 Å². The van der Waals surface area contributed by atoms with E-state index in [0.29, 0.717) is 11.2 Å². The van der Waals surface area contributed by atoms with Crippen LogP contribution in [0.3, 0.4) is 0 Å². The van der Waals surface area contributed by atoms with Gasteiger partial charge >= 0.3 is 0 Å². The van der Waals surface area contributed by atoms with Gasteiger partial charge in [-0.15, -0.1) is 11.8 Å². The summed E-state index contributed by atoms with van der Waals surface area (Å²) in [5.41, 5.74) is 0.998. The van der Waals surface area contributed by atoms with Crippen molar-refractivity contribution in [3.63, 3.8) is 0 Å². The maximum atomic E-state index is 4.55. The monoisotopic (exact) mass is 247 g/mol. The number of hydrogen-bond acceptors (Lipinski definition) is 4. The minimum Gasteiger partial charge on any atom is -0.357 e. The summed E-state index contributed by atoms with van der Waals surface area (Å²) in [7, 11) is 1.85. The van der Waals surface area contributed by atoms with E-state index in [9.17, 15) is 0 Å². The van der Waals surface area contributed by atoms with Crippen molar-refractivity contribution in [2.24, 2.45) is 0 Å². The molecule has 2 rings (SSSR count). The first kappa shape index (κ1) is 12.2. The molecule has 1 aromatic heterocycles. The highest BCUT2D eigenvalue weighted by Gasteiger charge is 2.10. The van der Waals surface area contributed by atoms with Crippen molar-refractivity contribution in [3.8, 4) is 0 Å². The maximum Gasteiger partial charge on any atom is 0.224 e. The number of anilines is 1. The second kappa shape index (κ2) is 5.36. The minimum atomic E-state index is 0.568. The molecule has 0 aliphatic heterocycles. The lowest BCUT2D eigenvalue weighted by Gasteiger charge is -2.11. The number of aromatic nitrogens is 2. The second-order valence-electron chi connectivity index (χ2n) is 3.96. The van der Waals surface area contributed by atoms with Gasteiger partial charge < -0.3 is 5.32 Å². The molecule has 0 aliphatic rings. The van der Waals surface area contributed by atoms with E-state index < -0.39 is 0 Å². The highest BCUT2D eigenvalue weighted by molar-refractivity contribution is 8.00. The molecule has 0 saturated carbocycles. The summed E-state index contributed by atoms with van der Waals surface area (Å²) in [4.78, 5) is 9.00. The summed E-state index contributed by atoms with van der Waals surface area (Å²) in [5, 5.41) is 5.78. The van der Waals surface area contributed by atoms with E-state index in [1.165, 1.54) is 0 Å². The molecule has 1 N–H and O–H groups in total. The number of fused-ring (bicyclic) bond motifs is 1. The van der Waals surface area contributed by atoms with E-state index in [4.69, 9.17) is 0 Å². The number of nitrogens with one attached hydrogen (secondary N) is 1. The topological polar surface area (TPSA) is 37.8 Å². The largest absolute Gasteiger partial charge is 0.357 e. The molecule has 0 spiro atoms. The molecule has 2 aromatic rings. The molecule has 1 unspecified atom stereocenters. The van der Waals surface area contributed by atoms with Gasteiger partial charge in [-0.25, -0.2) is 9.97 Å². The molecule has 1 aromatic carbocycles. The average molecular weight is 247 g/mol. The van der Waals surface area contributed by atoms with Crippen LogP contribution in [0.5, 0.6) is 0 Å². The van der Waals surface area contributed by atoms with Gasteiger partial charge in [-0.05, 0) is 12.5 Å². The van der Waals surface area contributed by atoms with Gasteiger partial charge in [0.15, 0.2) is 0 Å². The van der Waals surface area contributed by atoms with Crippen LogP contribution in [0.4, 0.5) is 5.95 Å². The molecule has 90 valence electrons. The lowest BCUT2D eigenvalue weighted by Crippen LogP contribution is -2.00. The molecular formula is C13H17N3S. The smallest absolute Gasteiger partial charge is 0.224 e. The van der Waals surface area contributed by atoms with E-state index in [1.807, 2.05) is 37.0 Å². The van der Waals surface area contributed by atoms with Crippen molar-refractivity contribution in [2.75, 3.05) is 12.4 Å². The molecule has 0 saturated heterocycles. The molecule has 1 heterocycles. The quantitative estimate of drug-likeness (QED) is 0.662. The van der Waals surface area contributed by atoms with E-state index >= 15 is 0 Å². The van der Waals surface area contributed by atoms with Gasteiger partial charge in [-0.2, -0.15) is 0 Å². The molecule has 0 bridgehead atoms. The number of rotatable bonds is 4. The maximum absolute atomic E-state index is 4.55. The third kappa shape index (κ3) is 2.69. The van der Waals surface area contributed by atoms with Crippen LogP contribution in [-0.2, 0) is 0 Å². The Bertz CT molecular complexity index is 513. The Balaban J connectivity index is 2.50. The molecular weight excluding hydrogens is 230 g/mol. The zero-order valence-corrected chi connectivity index (χ0v) is 11.2. The predicted molar refractivity (Wildman–Crippen MR) is 74.7 cm³/mol. The van der Waals surface area contributed by atoms with Crippen molar-refractivity contribution in [2.45, 2.75) is 30.5 Å². The van der Waals surface area contributed by atoms with Crippen molar-refractivity contribution in [1.82, 2.24) is 9.97 Å². The Kier molecular flexibility index (Phi) is 3.84. The third-order valence-corrected chi connectivity index (χ3v) is 3.95. The first-order chi connectivity index (χ1) is 8.24. The fraction of sp³-hybridized carbons (Fsp3) is 0.385. The molecule has 0 aliphatic carbocycles. The van der Waals surface area contributed by atoms with Gasteiger partial charge in [0, 0.05) is 17.7 Å². The number of thioether (sulfide) groups is 1. The van der Waals surface area contributed by atoms with Crippen molar-refractivity contribution in [1.29, 1.82) is 0 Å². The van der Waals surface area contributed by atoms with E-state index in [2.05, 4.69) is 35.2 Å². The Morgan fingerprint density at radius 2 is 2.06 bits per heavy atom. The van der Waals surface area contributed by atoms with Crippen molar-refractivity contribution < 1.29 is 0 Å². The van der Waals surface area contributed by atoms with Crippen LogP contribution in [0.15, 0.2) is 29.3 Å². The summed E-state index contributed by atoms with van der Waals surface area (Å²) in [6.07, 6.45) is 1.14. The SMILES string of the molecule is CCC(C)Sc1nc(NC)nc2ccccc12. The first-order valence-electron chi connectivity index (χ1n) is 5.85. The normalized spacial score (nSPS) is 12.6. The minimum absolute atomic E-state index is 0.568. The van der Waals surface area contributed by atoms with Gasteiger partial charge in [-0.3, -0.25) is 0 Å². The number of benzene rings is 1. The van der Waals surface area contributed by atoms with Crippen LogP contribution in [0.25, 0.3) is 10.9 Å². The average Bonchev–Trinajstić information content (AvgIpc) is 2.38. The van der Waals surface area contributed by atoms with E-state index in [1.54, 1.807) is 0 Å². The number of hydrogen-bond donors (Lipinski definition) is 1. The summed E-state index contributed by atoms with van der Waals surface area (Å²) in [6, 6.07) is 8.15. The summed E-state index contributed by atoms with van der Waals surface area (Å²) >= 11 is 1.81. The zero-order chi connectivity index (χ0) is 12.3. The van der Waals surface area contributed by atoms with Crippen LogP contribution in [0, 0.1) is 0 Å². The fourth-order valence-electron chi connectivity index (χ4n) is 1.52. The molecule has 3 nitrogen and oxygen atoms in total. The highest BCUT2D eigenvalue weighted by Crippen LogP contribution is 2.30. The van der Waals surface area contributed by atoms with Gasteiger partial charge in [0.25, 0.3) is 0 Å². The lowest BCUT2D eigenvalue weighted by atomic mass is 10.2. The zero-order valence-electron chi connectivity index (χ0n) is 10.4. The van der Waals surface area contributed by atoms with E-state index in [0.717, 1.165) is 22.3 Å². The van der Waals surface area contributed by atoms with Crippen molar-refractivity contribution >= 4 is 28.6 Å². The van der Waals surface area contributed by atoms with Crippen molar-refractivity contribution in [3.05, 3.63) is 24.3 Å². The number of nitrogens with zero attached hydrogens (tertiary/aromatic N) is 2. The van der Waals surface area contributed by atoms with Crippen LogP contribution < -0.4 is 5.32 Å². The summed E-state index contributed by atoms with van der Waals surface area (Å²) in [6.45, 7) is 4.42. The predicted octanol–water partition coefficient (Wildman–Crippen LogP) is 3.56. The Morgan fingerprint density at radius 1 is 1.29 bits per heavy atom. The van der Waals surface area contributed by atoms with Gasteiger partial charge in [0.1, 0.15) is 5.03 Å². The Labute approximate surface area is 106 Å². The van der Waals surface area contributed by atoms with Crippen LogP contribution in [-0.4, -0.2) is 22.3 Å². The molecule has 0 amide bonds. The standard InChI is InChI=1S/C13H17N3S/c1-4-9(2)17-12-10-7-5-6-8-11(10)15-13(14-3)16-12/h5-9H,4H2,1-3H3,(H,14,15,16). The summed E-state index contributed by atoms with van der Waals surface area (Å²) < 4.78 is 0. The molecule has 4 heteroatoms. The van der Waals surface area contributed by atoms with Gasteiger partial charge in [-0.1, -0.05) is 32.0 Å². The fourth-order valence-corrected chi connectivity index (χ4v) is 2.51. The molecule has 17 heavy (non-hydrogen) atoms. The molecule has 0 fully saturated rings. The molecule has 0 radical (unpaired) electrons. The third-order valence-electron chi connectivity index (χ3n) is 2.68. The molecule has 1 atom stereocenters. The summed E-state index contributed by atoms with van der Waals surface area (Å²) in [5.74, 6) is 0.689. The van der Waals surface area contributed by atoms with Crippen LogP contribution >= 0.6 is 11.8 Å². The lowest BCUT2D eigenvalue weighted by molar-refractivity contribution is 0.902. The Morgan fingerprint density at radius 3 is 2.76 bits per heavy atom. The van der Waals surface area contributed by atoms with Gasteiger partial charge in [0.05, 0.1) is 5.52 Å².